The van der Waals surface area contributed by atoms with Crippen molar-refractivity contribution in [2.45, 2.75) is 19.4 Å². The molecule has 2 aromatic carbocycles. The van der Waals surface area contributed by atoms with E-state index in [1.54, 1.807) is 0 Å². The molecule has 1 heteroatoms. The molecule has 1 N–H and O–H groups in total. The highest BCUT2D eigenvalue weighted by molar-refractivity contribution is 5.66. The molecule has 0 fully saturated rings. The van der Waals surface area contributed by atoms with E-state index in [-0.39, 0.29) is 5.92 Å². The van der Waals surface area contributed by atoms with Gasteiger partial charge in [-0.15, -0.1) is 0 Å². The Morgan fingerprint density at radius 3 is 2.00 bits per heavy atom. The van der Waals surface area contributed by atoms with Crippen LogP contribution in [0.3, 0.4) is 0 Å². The summed E-state index contributed by atoms with van der Waals surface area (Å²) in [5, 5.41) is 10.8. The van der Waals surface area contributed by atoms with Crippen molar-refractivity contribution in [3.63, 3.8) is 0 Å². The molecule has 1 nitrogen and oxygen atoms in total. The van der Waals surface area contributed by atoms with Gasteiger partial charge in [-0.05, 0) is 23.6 Å². The second-order valence-electron chi connectivity index (χ2n) is 5.13. The van der Waals surface area contributed by atoms with Gasteiger partial charge in [0.25, 0.3) is 0 Å². The molecule has 0 spiro atoms. The van der Waals surface area contributed by atoms with E-state index in [9.17, 15) is 5.11 Å². The van der Waals surface area contributed by atoms with E-state index in [0.717, 1.165) is 16.7 Å². The first-order valence-electron chi connectivity index (χ1n) is 6.55. The molecule has 0 radical (unpaired) electrons. The average Bonchev–Trinajstić information content (AvgIpc) is 2.47. The molecule has 0 aliphatic carbocycles. The quantitative estimate of drug-likeness (QED) is 0.862. The lowest BCUT2D eigenvalue weighted by molar-refractivity contribution is 0.0243. The number of rotatable bonds is 4. The average molecular weight is 252 g/mol. The van der Waals surface area contributed by atoms with Gasteiger partial charge in [-0.3, -0.25) is 0 Å². The Balaban J connectivity index is 2.29. The van der Waals surface area contributed by atoms with Crippen LogP contribution in [0.1, 0.15) is 25.0 Å². The van der Waals surface area contributed by atoms with Gasteiger partial charge in [-0.25, -0.2) is 0 Å². The first kappa shape index (κ1) is 13.6. The van der Waals surface area contributed by atoms with Crippen LogP contribution in [0.25, 0.3) is 5.57 Å². The molecular weight excluding hydrogens is 232 g/mol. The van der Waals surface area contributed by atoms with Gasteiger partial charge in [0.05, 0.1) is 5.60 Å². The van der Waals surface area contributed by atoms with Crippen LogP contribution in [-0.2, 0) is 5.60 Å². The van der Waals surface area contributed by atoms with Crippen molar-refractivity contribution < 1.29 is 5.11 Å². The van der Waals surface area contributed by atoms with Crippen LogP contribution < -0.4 is 0 Å². The minimum absolute atomic E-state index is 0.0581. The van der Waals surface area contributed by atoms with Crippen molar-refractivity contribution >= 4 is 5.57 Å². The van der Waals surface area contributed by atoms with Crippen LogP contribution in [0.4, 0.5) is 0 Å². The molecule has 2 aromatic rings. The van der Waals surface area contributed by atoms with Gasteiger partial charge in [0.1, 0.15) is 0 Å². The number of hydrogen-bond acceptors (Lipinski definition) is 1. The van der Waals surface area contributed by atoms with E-state index in [1.165, 1.54) is 0 Å². The van der Waals surface area contributed by atoms with Crippen LogP contribution in [0.15, 0.2) is 67.2 Å². The molecule has 0 aliphatic rings. The standard InChI is InChI=1S/C18H20O/c1-14(16-10-6-4-7-11-16)15(2)18(3,19)17-12-8-5-9-13-17/h4-13,15,19H,1H2,2-3H3/t15-,18+/m1/s1. The van der Waals surface area contributed by atoms with Gasteiger partial charge in [0.2, 0.25) is 0 Å². The molecule has 0 saturated carbocycles. The van der Waals surface area contributed by atoms with E-state index in [0.29, 0.717) is 0 Å². The number of aliphatic hydroxyl groups is 1. The van der Waals surface area contributed by atoms with Crippen LogP contribution in [0, 0.1) is 5.92 Å². The summed E-state index contributed by atoms with van der Waals surface area (Å²) >= 11 is 0. The van der Waals surface area contributed by atoms with Gasteiger partial charge >= 0.3 is 0 Å². The van der Waals surface area contributed by atoms with Crippen LogP contribution in [0.2, 0.25) is 0 Å². The third-order valence-corrected chi connectivity index (χ3v) is 3.87. The third-order valence-electron chi connectivity index (χ3n) is 3.87. The minimum atomic E-state index is -0.922. The molecule has 0 saturated heterocycles. The molecular formula is C18H20O. The monoisotopic (exact) mass is 252 g/mol. The maximum absolute atomic E-state index is 10.8. The Hall–Kier alpha value is -1.86. The summed E-state index contributed by atoms with van der Waals surface area (Å²) in [7, 11) is 0. The van der Waals surface area contributed by atoms with E-state index in [2.05, 4.69) is 6.58 Å². The Bertz CT molecular complexity index is 540. The lowest BCUT2D eigenvalue weighted by atomic mass is 9.78. The summed E-state index contributed by atoms with van der Waals surface area (Å²) in [6, 6.07) is 19.8. The lowest BCUT2D eigenvalue weighted by Crippen LogP contribution is -2.30. The topological polar surface area (TPSA) is 20.2 Å². The Labute approximate surface area is 115 Å². The van der Waals surface area contributed by atoms with Crippen molar-refractivity contribution in [2.24, 2.45) is 5.92 Å². The van der Waals surface area contributed by atoms with Crippen molar-refractivity contribution in [2.75, 3.05) is 0 Å². The molecule has 0 bridgehead atoms. The number of hydrogen-bond donors (Lipinski definition) is 1. The summed E-state index contributed by atoms with van der Waals surface area (Å²) in [4.78, 5) is 0. The first-order valence-corrected chi connectivity index (χ1v) is 6.55. The van der Waals surface area contributed by atoms with Gasteiger partial charge < -0.3 is 5.11 Å². The Kier molecular flexibility index (Phi) is 3.87. The summed E-state index contributed by atoms with van der Waals surface area (Å²) in [6.07, 6.45) is 0. The maximum atomic E-state index is 10.8. The zero-order valence-corrected chi connectivity index (χ0v) is 11.5. The van der Waals surface area contributed by atoms with Gasteiger partial charge in [-0.1, -0.05) is 74.2 Å². The lowest BCUT2D eigenvalue weighted by Gasteiger charge is -2.32. The summed E-state index contributed by atoms with van der Waals surface area (Å²) < 4.78 is 0. The van der Waals surface area contributed by atoms with Crippen molar-refractivity contribution in [1.82, 2.24) is 0 Å². The fraction of sp³-hybridized carbons (Fsp3) is 0.222. The largest absolute Gasteiger partial charge is 0.385 e. The SMILES string of the molecule is C=C(c1ccccc1)[C@@H](C)[C@](C)(O)c1ccccc1. The minimum Gasteiger partial charge on any atom is -0.385 e. The molecule has 2 rings (SSSR count). The fourth-order valence-corrected chi connectivity index (χ4v) is 2.27. The third kappa shape index (κ3) is 2.77. The number of benzene rings is 2. The van der Waals surface area contributed by atoms with E-state index >= 15 is 0 Å². The van der Waals surface area contributed by atoms with Crippen LogP contribution in [0.5, 0.6) is 0 Å². The molecule has 0 amide bonds. The maximum Gasteiger partial charge on any atom is 0.0934 e. The zero-order chi connectivity index (χ0) is 13.9. The molecule has 0 unspecified atom stereocenters. The van der Waals surface area contributed by atoms with Gasteiger partial charge in [0, 0.05) is 5.92 Å². The summed E-state index contributed by atoms with van der Waals surface area (Å²) in [6.45, 7) is 8.02. The second kappa shape index (κ2) is 5.41. The van der Waals surface area contributed by atoms with E-state index in [4.69, 9.17) is 0 Å². The van der Waals surface area contributed by atoms with Crippen molar-refractivity contribution in [1.29, 1.82) is 0 Å². The molecule has 0 aliphatic heterocycles. The highest BCUT2D eigenvalue weighted by Crippen LogP contribution is 2.37. The normalized spacial score (nSPS) is 15.5. The second-order valence-corrected chi connectivity index (χ2v) is 5.13. The summed E-state index contributed by atoms with van der Waals surface area (Å²) in [5.41, 5.74) is 2.02. The zero-order valence-electron chi connectivity index (χ0n) is 11.5. The fourth-order valence-electron chi connectivity index (χ4n) is 2.27. The highest BCUT2D eigenvalue weighted by Gasteiger charge is 2.32. The van der Waals surface area contributed by atoms with Crippen LogP contribution >= 0.6 is 0 Å². The van der Waals surface area contributed by atoms with E-state index in [1.807, 2.05) is 74.5 Å². The molecule has 19 heavy (non-hydrogen) atoms. The van der Waals surface area contributed by atoms with Crippen molar-refractivity contribution in [3.05, 3.63) is 78.4 Å². The summed E-state index contributed by atoms with van der Waals surface area (Å²) in [5.74, 6) is -0.0581. The predicted octanol–water partition coefficient (Wildman–Crippen LogP) is 4.24. The molecule has 2 atom stereocenters. The predicted molar refractivity (Wildman–Crippen MR) is 80.7 cm³/mol. The Morgan fingerprint density at radius 2 is 1.47 bits per heavy atom. The highest BCUT2D eigenvalue weighted by atomic mass is 16.3. The van der Waals surface area contributed by atoms with Gasteiger partial charge in [-0.2, -0.15) is 0 Å². The van der Waals surface area contributed by atoms with E-state index < -0.39 is 5.60 Å². The smallest absolute Gasteiger partial charge is 0.0934 e. The van der Waals surface area contributed by atoms with Gasteiger partial charge in [0.15, 0.2) is 0 Å². The first-order chi connectivity index (χ1) is 9.03. The van der Waals surface area contributed by atoms with Crippen LogP contribution in [-0.4, -0.2) is 5.11 Å². The molecule has 0 heterocycles. The van der Waals surface area contributed by atoms with Crippen molar-refractivity contribution in [3.8, 4) is 0 Å². The molecule has 0 aromatic heterocycles. The Morgan fingerprint density at radius 1 is 1.00 bits per heavy atom. The molecule has 98 valence electrons.